The molecule has 0 aromatic carbocycles. The van der Waals surface area contributed by atoms with Gasteiger partial charge >= 0.3 is 0 Å². The number of allylic oxidation sites excluding steroid dienone is 11. The Labute approximate surface area is 146 Å². The first kappa shape index (κ1) is 32.7. The second kappa shape index (κ2) is 22.1. The predicted octanol–water partition coefficient (Wildman–Crippen LogP) is 7.42. The van der Waals surface area contributed by atoms with Crippen LogP contribution in [-0.2, 0) is 4.79 Å². The Balaban J connectivity index is -0.0000000678. The molecule has 0 fully saturated rings. The Morgan fingerprint density at radius 3 is 1.35 bits per heavy atom. The van der Waals surface area contributed by atoms with E-state index in [1.807, 2.05) is 64.2 Å². The molecular weight excluding hydrogens is 280 g/mol. The molecule has 132 valence electrons. The van der Waals surface area contributed by atoms with E-state index in [0.29, 0.717) is 5.57 Å². The van der Waals surface area contributed by atoms with Crippen LogP contribution in [-0.4, -0.2) is 5.78 Å². The number of carbonyl (C=O) groups is 1. The number of hydrogen-bond donors (Lipinski definition) is 0. The highest BCUT2D eigenvalue weighted by Gasteiger charge is 2.23. The van der Waals surface area contributed by atoms with Crippen molar-refractivity contribution in [3.8, 4) is 0 Å². The quantitative estimate of drug-likeness (QED) is 0.391. The molecule has 1 heteroatoms. The molecule has 0 atom stereocenters. The highest BCUT2D eigenvalue weighted by molar-refractivity contribution is 6.18. The second-order valence-corrected chi connectivity index (χ2v) is 3.97. The highest BCUT2D eigenvalue weighted by Crippen LogP contribution is 2.26. The Kier molecular flexibility index (Phi) is 31.5. The minimum Gasteiger partial charge on any atom is -0.289 e. The molecule has 0 aromatic rings. The molecule has 0 bridgehead atoms. The maximum absolute atomic E-state index is 10.6. The summed E-state index contributed by atoms with van der Waals surface area (Å²) in [6.07, 6.45) is 15.1. The molecule has 0 aromatic heterocycles. The van der Waals surface area contributed by atoms with Gasteiger partial charge in [0, 0.05) is 11.1 Å². The molecule has 1 aliphatic carbocycles. The van der Waals surface area contributed by atoms with E-state index in [-0.39, 0.29) is 28.1 Å². The zero-order valence-electron chi connectivity index (χ0n) is 13.1. The largest absolute Gasteiger partial charge is 0.289 e. The molecule has 0 spiro atoms. The number of carbonyl (C=O) groups excluding carboxylic acids is 1. The fourth-order valence-corrected chi connectivity index (χ4v) is 1.12. The maximum Gasteiger partial charge on any atom is 0.188 e. The first-order chi connectivity index (χ1) is 9.47. The van der Waals surface area contributed by atoms with Crippen LogP contribution in [0, 0.1) is 0 Å². The van der Waals surface area contributed by atoms with Gasteiger partial charge in [-0.15, -0.1) is 0 Å². The van der Waals surface area contributed by atoms with Gasteiger partial charge in [-0.3, -0.25) is 4.79 Å². The van der Waals surface area contributed by atoms with Crippen LogP contribution in [0.25, 0.3) is 0 Å². The standard InChI is InChI=1S/C7H8O.C7H10.C5H8.3CH4/c1-4-5(2)7(8)6(4)3;1-3-5-7-6-4-2;1-3-5-4-2;;;/h2H2,1,3H3;3-7H,1H2,2H3;3-5H,1H2,2H3;3*1H4. The molecule has 0 saturated heterocycles. The molecule has 0 heterocycles. The smallest absolute Gasteiger partial charge is 0.188 e. The molecular formula is C22H38O. The van der Waals surface area contributed by atoms with Gasteiger partial charge in [0.25, 0.3) is 0 Å². The van der Waals surface area contributed by atoms with Crippen molar-refractivity contribution in [3.05, 3.63) is 85.1 Å². The van der Waals surface area contributed by atoms with Crippen molar-refractivity contribution in [3.63, 3.8) is 0 Å². The third kappa shape index (κ3) is 16.1. The lowest BCUT2D eigenvalue weighted by Crippen LogP contribution is -2.16. The summed E-state index contributed by atoms with van der Waals surface area (Å²) in [5.74, 6) is 0.127. The average molecular weight is 319 g/mol. The molecule has 0 aliphatic heterocycles. The normalized spacial score (nSPS) is 12.0. The zero-order chi connectivity index (χ0) is 16.0. The van der Waals surface area contributed by atoms with Crippen LogP contribution in [0.2, 0.25) is 0 Å². The zero-order valence-corrected chi connectivity index (χ0v) is 13.1. The fraction of sp³-hybridized carbons (Fsp3) is 0.318. The van der Waals surface area contributed by atoms with Gasteiger partial charge in [-0.2, -0.15) is 0 Å². The minimum atomic E-state index is 0. The van der Waals surface area contributed by atoms with Crippen LogP contribution in [0.15, 0.2) is 85.1 Å². The summed E-state index contributed by atoms with van der Waals surface area (Å²) in [7, 11) is 0. The summed E-state index contributed by atoms with van der Waals surface area (Å²) in [5, 5.41) is 0. The van der Waals surface area contributed by atoms with Crippen LogP contribution >= 0.6 is 0 Å². The van der Waals surface area contributed by atoms with Crippen molar-refractivity contribution < 1.29 is 4.79 Å². The Hall–Kier alpha value is -2.15. The van der Waals surface area contributed by atoms with Gasteiger partial charge in [0.05, 0.1) is 0 Å². The topological polar surface area (TPSA) is 17.1 Å². The van der Waals surface area contributed by atoms with Crippen LogP contribution in [0.3, 0.4) is 0 Å². The van der Waals surface area contributed by atoms with Gasteiger partial charge in [0.1, 0.15) is 0 Å². The molecule has 1 aliphatic rings. The third-order valence-electron chi connectivity index (χ3n) is 2.51. The minimum absolute atomic E-state index is 0. The summed E-state index contributed by atoms with van der Waals surface area (Å²) in [4.78, 5) is 10.6. The lowest BCUT2D eigenvalue weighted by atomic mass is 9.85. The van der Waals surface area contributed by atoms with Gasteiger partial charge in [-0.1, -0.05) is 90.6 Å². The van der Waals surface area contributed by atoms with E-state index in [0.717, 1.165) is 11.1 Å². The van der Waals surface area contributed by atoms with Crippen LogP contribution in [0.5, 0.6) is 0 Å². The Morgan fingerprint density at radius 1 is 0.739 bits per heavy atom. The first-order valence-electron chi connectivity index (χ1n) is 6.53. The molecule has 0 unspecified atom stereocenters. The van der Waals surface area contributed by atoms with Gasteiger partial charge in [-0.25, -0.2) is 0 Å². The molecule has 23 heavy (non-hydrogen) atoms. The van der Waals surface area contributed by atoms with Crippen LogP contribution < -0.4 is 0 Å². The number of rotatable bonds is 3. The van der Waals surface area contributed by atoms with Crippen molar-refractivity contribution in [1.82, 2.24) is 0 Å². The van der Waals surface area contributed by atoms with Gasteiger partial charge in [-0.05, 0) is 33.3 Å². The Morgan fingerprint density at radius 2 is 1.17 bits per heavy atom. The molecule has 0 N–H and O–H groups in total. The highest BCUT2D eigenvalue weighted by atomic mass is 16.1. The molecule has 0 saturated carbocycles. The number of Topliss-reactive ketones (excluding diaryl/α,β-unsaturated/α-hetero) is 1. The molecule has 1 nitrogen and oxygen atoms in total. The number of hydrogen-bond acceptors (Lipinski definition) is 1. The summed E-state index contributed by atoms with van der Waals surface area (Å²) < 4.78 is 0. The lowest BCUT2D eigenvalue weighted by molar-refractivity contribution is -0.113. The van der Waals surface area contributed by atoms with E-state index < -0.39 is 0 Å². The maximum atomic E-state index is 10.6. The van der Waals surface area contributed by atoms with Gasteiger partial charge in [0.2, 0.25) is 0 Å². The summed E-state index contributed by atoms with van der Waals surface area (Å²) in [6.45, 7) is 18.2. The van der Waals surface area contributed by atoms with Crippen molar-refractivity contribution >= 4 is 5.78 Å². The number of ketones is 1. The third-order valence-corrected chi connectivity index (χ3v) is 2.51. The Bertz CT molecular complexity index is 432. The van der Waals surface area contributed by atoms with Gasteiger partial charge < -0.3 is 0 Å². The van der Waals surface area contributed by atoms with Crippen molar-refractivity contribution in [2.24, 2.45) is 0 Å². The van der Waals surface area contributed by atoms with E-state index in [4.69, 9.17) is 0 Å². The lowest BCUT2D eigenvalue weighted by Gasteiger charge is -2.17. The molecule has 0 radical (unpaired) electrons. The van der Waals surface area contributed by atoms with Crippen LogP contribution in [0.4, 0.5) is 0 Å². The van der Waals surface area contributed by atoms with Crippen molar-refractivity contribution in [1.29, 1.82) is 0 Å². The second-order valence-electron chi connectivity index (χ2n) is 3.97. The fourth-order valence-electron chi connectivity index (χ4n) is 1.12. The SMILES string of the molecule is C.C.C.C=C1C(=O)C(C)=C1C.C=CC=CC.C=CC=CC=CC. The molecule has 1 rings (SSSR count). The van der Waals surface area contributed by atoms with E-state index >= 15 is 0 Å². The van der Waals surface area contributed by atoms with Crippen LogP contribution in [0.1, 0.15) is 50.0 Å². The van der Waals surface area contributed by atoms with E-state index in [1.54, 1.807) is 12.2 Å². The van der Waals surface area contributed by atoms with Crippen molar-refractivity contribution in [2.75, 3.05) is 0 Å². The summed E-state index contributed by atoms with van der Waals surface area (Å²) >= 11 is 0. The summed E-state index contributed by atoms with van der Waals surface area (Å²) in [5.41, 5.74) is 2.62. The average Bonchev–Trinajstić information content (AvgIpc) is 2.48. The predicted molar refractivity (Wildman–Crippen MR) is 112 cm³/mol. The van der Waals surface area contributed by atoms with E-state index in [9.17, 15) is 4.79 Å². The van der Waals surface area contributed by atoms with Crippen molar-refractivity contribution in [2.45, 2.75) is 50.0 Å². The molecule has 0 amide bonds. The van der Waals surface area contributed by atoms with Gasteiger partial charge in [0.15, 0.2) is 5.78 Å². The van der Waals surface area contributed by atoms with E-state index in [1.165, 1.54) is 0 Å². The first-order valence-corrected chi connectivity index (χ1v) is 6.53. The van der Waals surface area contributed by atoms with E-state index in [2.05, 4.69) is 19.7 Å². The summed E-state index contributed by atoms with van der Waals surface area (Å²) in [6, 6.07) is 0. The monoisotopic (exact) mass is 318 g/mol.